The highest BCUT2D eigenvalue weighted by atomic mass is 79.9. The fourth-order valence-electron chi connectivity index (χ4n) is 4.87. The number of aliphatic hydroxyl groups excluding tert-OH is 1. The van der Waals surface area contributed by atoms with Crippen molar-refractivity contribution < 1.29 is 46.3 Å². The number of nitrogens with zero attached hydrogens (tertiary/aromatic N) is 1. The molecule has 5 unspecified atom stereocenters. The first-order chi connectivity index (χ1) is 11.6. The summed E-state index contributed by atoms with van der Waals surface area (Å²) >= 11 is 0. The molecule has 0 radical (unpaired) electrons. The summed E-state index contributed by atoms with van der Waals surface area (Å²) in [6, 6.07) is 10.2. The van der Waals surface area contributed by atoms with Crippen LogP contribution < -0.4 is 17.0 Å². The van der Waals surface area contributed by atoms with Gasteiger partial charge in [-0.25, -0.2) is 0 Å². The van der Waals surface area contributed by atoms with Crippen LogP contribution in [0.3, 0.4) is 0 Å². The van der Waals surface area contributed by atoms with E-state index < -0.39 is 5.92 Å². The Morgan fingerprint density at radius 1 is 1.27 bits per heavy atom. The zero-order chi connectivity index (χ0) is 16.9. The van der Waals surface area contributed by atoms with Crippen molar-refractivity contribution in [3.05, 3.63) is 35.9 Å². The first-order valence-electron chi connectivity index (χ1n) is 8.95. The standard InChI is InChI=1S/C19H26NO4.BrH.H2O/c1-3-20(2)15-9-13(10-16(20)18-17(15)24-18)23-19(22)14(11-21)12-7-5-4-6-8-12;;/h4-8,13-18,21H,3,9-11H2,1-2H3;1H;1H2/q+1;;/p-1. The van der Waals surface area contributed by atoms with E-state index in [9.17, 15) is 9.90 Å². The summed E-state index contributed by atoms with van der Waals surface area (Å²) in [5, 5.41) is 9.64. The van der Waals surface area contributed by atoms with Gasteiger partial charge in [-0.2, -0.15) is 0 Å². The Morgan fingerprint density at radius 2 is 1.85 bits per heavy atom. The number of benzene rings is 1. The minimum absolute atomic E-state index is 0. The molecular formula is C19H28BrNO5. The number of halogens is 1. The minimum atomic E-state index is -0.594. The van der Waals surface area contributed by atoms with Crippen molar-refractivity contribution in [3.63, 3.8) is 0 Å². The molecule has 0 spiro atoms. The van der Waals surface area contributed by atoms with Crippen molar-refractivity contribution in [1.29, 1.82) is 0 Å². The maximum Gasteiger partial charge on any atom is 0.316 e. The third-order valence-corrected chi connectivity index (χ3v) is 6.48. The van der Waals surface area contributed by atoms with E-state index in [-0.39, 0.29) is 41.1 Å². The molecule has 0 saturated carbocycles. The quantitative estimate of drug-likeness (QED) is 0.321. The van der Waals surface area contributed by atoms with Crippen molar-refractivity contribution in [2.75, 3.05) is 20.2 Å². The van der Waals surface area contributed by atoms with E-state index in [0.717, 1.165) is 29.4 Å². The van der Waals surface area contributed by atoms with Crippen molar-refractivity contribution in [2.24, 2.45) is 0 Å². The SMILES string of the molecule is CC[N+]1(C)C2CC(OC(=O)C(CO)c3ccccc3)CC1C1OC12.O.[Br-]. The molecule has 0 amide bonds. The van der Waals surface area contributed by atoms with Crippen LogP contribution in [0.5, 0.6) is 0 Å². The van der Waals surface area contributed by atoms with Gasteiger partial charge in [-0.1, -0.05) is 30.3 Å². The number of ether oxygens (including phenoxy) is 2. The number of quaternary nitrogens is 1. The van der Waals surface area contributed by atoms with Gasteiger partial charge in [-0.15, -0.1) is 0 Å². The Labute approximate surface area is 164 Å². The molecule has 0 aromatic heterocycles. The lowest BCUT2D eigenvalue weighted by Gasteiger charge is -2.47. The fraction of sp³-hybridized carbons (Fsp3) is 0.632. The summed E-state index contributed by atoms with van der Waals surface area (Å²) < 4.78 is 12.7. The number of likely N-dealkylation sites (N-methyl/N-ethyl adjacent to an activating group) is 1. The zero-order valence-electron chi connectivity index (χ0n) is 15.2. The molecule has 146 valence electrons. The van der Waals surface area contributed by atoms with Crippen LogP contribution in [0.25, 0.3) is 0 Å². The summed E-state index contributed by atoms with van der Waals surface area (Å²) in [5.41, 5.74) is 0.809. The normalized spacial score (nSPS) is 37.6. The van der Waals surface area contributed by atoms with Crippen LogP contribution in [0.15, 0.2) is 30.3 Å². The van der Waals surface area contributed by atoms with Gasteiger partial charge >= 0.3 is 5.97 Å². The third-order valence-electron chi connectivity index (χ3n) is 6.48. The third kappa shape index (κ3) is 3.31. The highest BCUT2D eigenvalue weighted by molar-refractivity contribution is 5.78. The van der Waals surface area contributed by atoms with Gasteiger partial charge < -0.3 is 41.5 Å². The van der Waals surface area contributed by atoms with Crippen LogP contribution in [0.1, 0.15) is 31.2 Å². The van der Waals surface area contributed by atoms with Crippen molar-refractivity contribution >= 4 is 5.97 Å². The number of epoxide rings is 1. The molecular weight excluding hydrogens is 402 g/mol. The van der Waals surface area contributed by atoms with E-state index in [1.54, 1.807) is 0 Å². The second-order valence-electron chi connectivity index (χ2n) is 7.54. The van der Waals surface area contributed by atoms with E-state index in [1.807, 2.05) is 30.3 Å². The highest BCUT2D eigenvalue weighted by Crippen LogP contribution is 2.52. The summed E-state index contributed by atoms with van der Waals surface area (Å²) in [6.45, 7) is 3.10. The Balaban J connectivity index is 0.00000121. The summed E-state index contributed by atoms with van der Waals surface area (Å²) in [5.74, 6) is -0.904. The van der Waals surface area contributed by atoms with Gasteiger partial charge in [-0.3, -0.25) is 4.79 Å². The first kappa shape index (κ1) is 21.3. The van der Waals surface area contributed by atoms with Gasteiger partial charge in [0.25, 0.3) is 0 Å². The van der Waals surface area contributed by atoms with E-state index in [4.69, 9.17) is 9.47 Å². The van der Waals surface area contributed by atoms with Crippen LogP contribution in [-0.2, 0) is 14.3 Å². The van der Waals surface area contributed by atoms with Crippen LogP contribution in [0.2, 0.25) is 0 Å². The second-order valence-corrected chi connectivity index (χ2v) is 7.54. The predicted molar refractivity (Wildman–Crippen MR) is 92.0 cm³/mol. The fourth-order valence-corrected chi connectivity index (χ4v) is 4.87. The molecule has 26 heavy (non-hydrogen) atoms. The summed E-state index contributed by atoms with van der Waals surface area (Å²) in [7, 11) is 2.31. The number of esters is 1. The largest absolute Gasteiger partial charge is 1.00 e. The Hall–Kier alpha value is -0.990. The molecule has 6 nitrogen and oxygen atoms in total. The number of carbonyl (C=O) groups excluding carboxylic acids is 1. The van der Waals surface area contributed by atoms with Gasteiger partial charge in [0.15, 0.2) is 0 Å². The molecule has 0 aliphatic carbocycles. The van der Waals surface area contributed by atoms with Crippen LogP contribution in [-0.4, -0.2) is 71.6 Å². The van der Waals surface area contributed by atoms with Crippen LogP contribution in [0.4, 0.5) is 0 Å². The van der Waals surface area contributed by atoms with E-state index in [2.05, 4.69) is 14.0 Å². The number of hydrogen-bond acceptors (Lipinski definition) is 4. The van der Waals surface area contributed by atoms with E-state index in [1.165, 1.54) is 0 Å². The number of carbonyl (C=O) groups is 1. The average Bonchev–Trinajstić information content (AvgIpc) is 3.35. The first-order valence-corrected chi connectivity index (χ1v) is 8.95. The van der Waals surface area contributed by atoms with Gasteiger partial charge in [0, 0.05) is 12.8 Å². The Kier molecular flexibility index (Phi) is 6.51. The van der Waals surface area contributed by atoms with Crippen molar-refractivity contribution in [1.82, 2.24) is 0 Å². The molecule has 3 heterocycles. The lowest BCUT2D eigenvalue weighted by Crippen LogP contribution is -3.00. The predicted octanol–water partition coefficient (Wildman–Crippen LogP) is -2.37. The number of morpholine rings is 1. The molecule has 3 fully saturated rings. The lowest BCUT2D eigenvalue weighted by atomic mass is 9.95. The number of piperidine rings is 1. The van der Waals surface area contributed by atoms with E-state index >= 15 is 0 Å². The molecule has 5 atom stereocenters. The second kappa shape index (κ2) is 7.94. The molecule has 3 N–H and O–H groups in total. The van der Waals surface area contributed by atoms with Gasteiger partial charge in [-0.05, 0) is 12.5 Å². The molecule has 3 saturated heterocycles. The van der Waals surface area contributed by atoms with Gasteiger partial charge in [0.2, 0.25) is 0 Å². The topological polar surface area (TPSA) is 90.6 Å². The Morgan fingerprint density at radius 3 is 2.35 bits per heavy atom. The maximum absolute atomic E-state index is 12.6. The number of fused-ring (bicyclic) bond motifs is 5. The zero-order valence-corrected chi connectivity index (χ0v) is 16.8. The lowest BCUT2D eigenvalue weighted by molar-refractivity contribution is -0.954. The van der Waals surface area contributed by atoms with Crippen molar-refractivity contribution in [2.45, 2.75) is 56.1 Å². The summed E-state index contributed by atoms with van der Waals surface area (Å²) in [4.78, 5) is 12.6. The molecule has 1 aromatic carbocycles. The van der Waals surface area contributed by atoms with Crippen LogP contribution in [0, 0.1) is 0 Å². The molecule has 2 bridgehead atoms. The number of hydrogen-bond donors (Lipinski definition) is 1. The highest BCUT2D eigenvalue weighted by Gasteiger charge is 2.71. The number of aliphatic hydroxyl groups is 1. The molecule has 4 rings (SSSR count). The van der Waals surface area contributed by atoms with E-state index in [0.29, 0.717) is 24.3 Å². The Bertz CT molecular complexity index is 610. The molecule has 1 aromatic rings. The maximum atomic E-state index is 12.6. The average molecular weight is 430 g/mol. The van der Waals surface area contributed by atoms with Crippen LogP contribution >= 0.6 is 0 Å². The monoisotopic (exact) mass is 429 g/mol. The number of rotatable bonds is 5. The van der Waals surface area contributed by atoms with Crippen molar-refractivity contribution in [3.8, 4) is 0 Å². The molecule has 3 aliphatic rings. The van der Waals surface area contributed by atoms with Gasteiger partial charge in [0.1, 0.15) is 36.3 Å². The molecule has 7 heteroatoms. The molecule has 3 aliphatic heterocycles. The summed E-state index contributed by atoms with van der Waals surface area (Å²) in [6.07, 6.45) is 2.37. The van der Waals surface area contributed by atoms with Gasteiger partial charge in [0.05, 0.1) is 20.2 Å². The minimum Gasteiger partial charge on any atom is -1.00 e. The smallest absolute Gasteiger partial charge is 0.316 e.